The van der Waals surface area contributed by atoms with Crippen molar-refractivity contribution < 1.29 is 29.9 Å². The minimum absolute atomic E-state index is 0.381. The number of rotatable bonds is 5. The Hall–Kier alpha value is -2.34. The van der Waals surface area contributed by atoms with Crippen LogP contribution in [0, 0.1) is 6.92 Å². The normalized spacial score (nSPS) is 15.6. The lowest BCUT2D eigenvalue weighted by Gasteiger charge is -2.07. The molecule has 0 radical (unpaired) electrons. The first-order valence-electron chi connectivity index (χ1n) is 7.12. The Balaban J connectivity index is 0.000000261. The third-order valence-electron chi connectivity index (χ3n) is 3.04. The molecule has 0 amide bonds. The van der Waals surface area contributed by atoms with Crippen molar-refractivity contribution in [2.45, 2.75) is 26.4 Å². The number of hydrogen-bond acceptors (Lipinski definition) is 4. The van der Waals surface area contributed by atoms with Crippen molar-refractivity contribution >= 4 is 11.9 Å². The molecule has 1 aliphatic heterocycles. The second kappa shape index (κ2) is 8.84. The summed E-state index contributed by atoms with van der Waals surface area (Å²) in [6.45, 7) is 6.51. The van der Waals surface area contributed by atoms with Crippen molar-refractivity contribution in [3.8, 4) is 5.75 Å². The fourth-order valence-corrected chi connectivity index (χ4v) is 2.07. The average molecular weight is 307 g/mol. The van der Waals surface area contributed by atoms with E-state index in [1.807, 2.05) is 0 Å². The van der Waals surface area contributed by atoms with Crippen molar-refractivity contribution in [1.82, 2.24) is 0 Å². The summed E-state index contributed by atoms with van der Waals surface area (Å²) < 4.78 is 5.83. The molecule has 3 N–H and O–H groups in total. The van der Waals surface area contributed by atoms with Crippen molar-refractivity contribution in [2.75, 3.05) is 13.1 Å². The number of fused-ring (bicyclic) bond motifs is 1. The Morgan fingerprint density at radius 2 is 2.18 bits per heavy atom. The maximum absolute atomic E-state index is 9.53. The van der Waals surface area contributed by atoms with E-state index in [4.69, 9.17) is 9.84 Å². The number of quaternary nitrogens is 1. The van der Waals surface area contributed by atoms with Crippen LogP contribution in [-0.4, -0.2) is 36.2 Å². The number of nitrogens with two attached hydrogens (primary N) is 1. The second-order valence-corrected chi connectivity index (χ2v) is 4.98. The van der Waals surface area contributed by atoms with Crippen molar-refractivity contribution in [1.29, 1.82) is 0 Å². The summed E-state index contributed by atoms with van der Waals surface area (Å²) in [4.78, 5) is 19.0. The SMILES string of the molecule is CC[NH2+]CC1Cc2cc(C)ccc2O1.O=C([O-])/C=C\C(=O)O. The third kappa shape index (κ3) is 6.41. The number of carboxylic acids is 2. The Morgan fingerprint density at radius 1 is 1.45 bits per heavy atom. The van der Waals surface area contributed by atoms with E-state index in [1.165, 1.54) is 11.1 Å². The molecule has 22 heavy (non-hydrogen) atoms. The van der Waals surface area contributed by atoms with E-state index >= 15 is 0 Å². The highest BCUT2D eigenvalue weighted by molar-refractivity contribution is 5.88. The Bertz CT molecular complexity index is 537. The average Bonchev–Trinajstić information content (AvgIpc) is 2.85. The van der Waals surface area contributed by atoms with Crippen molar-refractivity contribution in [3.05, 3.63) is 41.5 Å². The van der Waals surface area contributed by atoms with Crippen LogP contribution in [0.15, 0.2) is 30.4 Å². The predicted octanol–water partition coefficient (Wildman–Crippen LogP) is -0.741. The molecule has 1 aliphatic rings. The topological polar surface area (TPSA) is 103 Å². The highest BCUT2D eigenvalue weighted by atomic mass is 16.5. The minimum atomic E-state index is -1.51. The van der Waals surface area contributed by atoms with Gasteiger partial charge in [-0.3, -0.25) is 0 Å². The molecule has 0 aliphatic carbocycles. The first-order valence-corrected chi connectivity index (χ1v) is 7.12. The zero-order valence-corrected chi connectivity index (χ0v) is 12.7. The van der Waals surface area contributed by atoms with E-state index < -0.39 is 11.9 Å². The van der Waals surface area contributed by atoms with Crippen LogP contribution < -0.4 is 15.2 Å². The zero-order valence-electron chi connectivity index (χ0n) is 12.7. The zero-order chi connectivity index (χ0) is 16.5. The van der Waals surface area contributed by atoms with Crippen LogP contribution in [0.1, 0.15) is 18.1 Å². The Kier molecular flexibility index (Phi) is 7.12. The predicted molar refractivity (Wildman–Crippen MR) is 78.4 cm³/mol. The summed E-state index contributed by atoms with van der Waals surface area (Å²) in [5, 5.41) is 19.5. The van der Waals surface area contributed by atoms with Crippen LogP contribution in [0.5, 0.6) is 5.75 Å². The standard InChI is InChI=1S/C12H17NO.C4H4O4/c1-3-13-8-11-7-10-6-9(2)4-5-12(10)14-11;5-3(6)1-2-4(7)8/h4-6,11,13H,3,7-8H2,1-2H3;1-2H,(H,5,6)(H,7,8)/b;2-1-. The van der Waals surface area contributed by atoms with Gasteiger partial charge in [-0.25, -0.2) is 4.79 Å². The smallest absolute Gasteiger partial charge is 0.328 e. The molecule has 0 fully saturated rings. The monoisotopic (exact) mass is 307 g/mol. The lowest BCUT2D eigenvalue weighted by atomic mass is 10.1. The molecule has 0 spiro atoms. The van der Waals surface area contributed by atoms with Crippen LogP contribution in [0.3, 0.4) is 0 Å². The Labute approximate surface area is 129 Å². The molecule has 6 nitrogen and oxygen atoms in total. The minimum Gasteiger partial charge on any atom is -0.545 e. The van der Waals surface area contributed by atoms with Gasteiger partial charge in [-0.05, 0) is 31.6 Å². The lowest BCUT2D eigenvalue weighted by Crippen LogP contribution is -2.86. The van der Waals surface area contributed by atoms with Gasteiger partial charge in [0.05, 0.1) is 12.5 Å². The van der Waals surface area contributed by atoms with Gasteiger partial charge in [0.25, 0.3) is 0 Å². The van der Waals surface area contributed by atoms with E-state index in [0.29, 0.717) is 18.3 Å². The maximum atomic E-state index is 9.53. The molecule has 2 rings (SSSR count). The van der Waals surface area contributed by atoms with Gasteiger partial charge in [-0.1, -0.05) is 17.7 Å². The lowest BCUT2D eigenvalue weighted by molar-refractivity contribution is -0.656. The molecular weight excluding hydrogens is 286 g/mol. The second-order valence-electron chi connectivity index (χ2n) is 4.98. The van der Waals surface area contributed by atoms with E-state index in [1.54, 1.807) is 0 Å². The number of carbonyl (C=O) groups is 2. The molecule has 0 saturated carbocycles. The fourth-order valence-electron chi connectivity index (χ4n) is 2.07. The van der Waals surface area contributed by atoms with Gasteiger partial charge in [0.1, 0.15) is 12.3 Å². The summed E-state index contributed by atoms with van der Waals surface area (Å²) >= 11 is 0. The van der Waals surface area contributed by atoms with Crippen LogP contribution in [-0.2, 0) is 16.0 Å². The van der Waals surface area contributed by atoms with E-state index in [2.05, 4.69) is 37.4 Å². The maximum Gasteiger partial charge on any atom is 0.328 e. The molecule has 0 bridgehead atoms. The molecular formula is C16H21NO5. The van der Waals surface area contributed by atoms with Gasteiger partial charge >= 0.3 is 5.97 Å². The number of aliphatic carboxylic acids is 2. The van der Waals surface area contributed by atoms with Gasteiger partial charge < -0.3 is 25.1 Å². The van der Waals surface area contributed by atoms with Gasteiger partial charge in [0.2, 0.25) is 0 Å². The highest BCUT2D eigenvalue weighted by Crippen LogP contribution is 2.28. The molecule has 1 aromatic carbocycles. The quantitative estimate of drug-likeness (QED) is 0.697. The number of benzene rings is 1. The first kappa shape index (κ1) is 17.7. The molecule has 120 valence electrons. The molecule has 1 unspecified atom stereocenters. The molecule has 1 heterocycles. The molecule has 0 saturated heterocycles. The number of likely N-dealkylation sites (N-methyl/N-ethyl adjacent to an activating group) is 1. The van der Waals surface area contributed by atoms with Crippen LogP contribution in [0.25, 0.3) is 0 Å². The van der Waals surface area contributed by atoms with Crippen molar-refractivity contribution in [2.24, 2.45) is 0 Å². The highest BCUT2D eigenvalue weighted by Gasteiger charge is 2.23. The summed E-state index contributed by atoms with van der Waals surface area (Å²) in [6, 6.07) is 6.45. The summed E-state index contributed by atoms with van der Waals surface area (Å²) in [5.74, 6) is -1.72. The molecule has 1 aromatic rings. The number of aryl methyl sites for hydroxylation is 1. The van der Waals surface area contributed by atoms with E-state index in [-0.39, 0.29) is 0 Å². The number of hydrogen-bond donors (Lipinski definition) is 2. The summed E-state index contributed by atoms with van der Waals surface area (Å²) in [7, 11) is 0. The largest absolute Gasteiger partial charge is 0.545 e. The first-order chi connectivity index (χ1) is 10.4. The van der Waals surface area contributed by atoms with Gasteiger partial charge in [0.15, 0.2) is 6.10 Å². The van der Waals surface area contributed by atoms with Gasteiger partial charge in [-0.2, -0.15) is 0 Å². The Morgan fingerprint density at radius 3 is 2.73 bits per heavy atom. The van der Waals surface area contributed by atoms with Crippen LogP contribution in [0.4, 0.5) is 0 Å². The number of carboxylic acid groups (broad SMARTS) is 2. The van der Waals surface area contributed by atoms with Gasteiger partial charge in [-0.15, -0.1) is 0 Å². The summed E-state index contributed by atoms with van der Waals surface area (Å²) in [6.07, 6.45) is 2.40. The van der Waals surface area contributed by atoms with Crippen LogP contribution in [0.2, 0.25) is 0 Å². The molecule has 6 heteroatoms. The van der Waals surface area contributed by atoms with Crippen LogP contribution >= 0.6 is 0 Å². The van der Waals surface area contributed by atoms with Gasteiger partial charge in [0, 0.05) is 12.5 Å². The number of carbonyl (C=O) groups excluding carboxylic acids is 1. The third-order valence-corrected chi connectivity index (χ3v) is 3.04. The molecule has 0 aromatic heterocycles. The fraction of sp³-hybridized carbons (Fsp3) is 0.375. The summed E-state index contributed by atoms with van der Waals surface area (Å²) in [5.41, 5.74) is 2.70. The number of ether oxygens (including phenoxy) is 1. The molecule has 1 atom stereocenters. The van der Waals surface area contributed by atoms with Crippen molar-refractivity contribution in [3.63, 3.8) is 0 Å². The van der Waals surface area contributed by atoms with E-state index in [9.17, 15) is 14.7 Å². The van der Waals surface area contributed by atoms with E-state index in [0.717, 1.165) is 25.3 Å².